The third-order valence-electron chi connectivity index (χ3n) is 4.37. The van der Waals surface area contributed by atoms with E-state index in [1.807, 2.05) is 71.3 Å². The molecule has 0 fully saturated rings. The van der Waals surface area contributed by atoms with Crippen LogP contribution in [0.1, 0.15) is 22.9 Å². The molecular weight excluding hydrogens is 372 g/mol. The highest BCUT2D eigenvalue weighted by atomic mass is 35.5. The van der Waals surface area contributed by atoms with Crippen LogP contribution in [0.25, 0.3) is 11.7 Å². The molecule has 1 atom stereocenters. The summed E-state index contributed by atoms with van der Waals surface area (Å²) in [5, 5.41) is 3.40. The molecule has 0 saturated heterocycles. The third-order valence-corrected chi connectivity index (χ3v) is 4.65. The SMILES string of the molecule is O=C(C=Cc1c(Cl)nc2ccccn12)NC(c1ccccc1)c1ccncc1. The van der Waals surface area contributed by atoms with E-state index in [4.69, 9.17) is 11.6 Å². The van der Waals surface area contributed by atoms with Gasteiger partial charge < -0.3 is 5.32 Å². The van der Waals surface area contributed by atoms with Crippen molar-refractivity contribution in [2.75, 3.05) is 0 Å². The molecule has 0 aliphatic rings. The van der Waals surface area contributed by atoms with Crippen molar-refractivity contribution in [3.63, 3.8) is 0 Å². The summed E-state index contributed by atoms with van der Waals surface area (Å²) >= 11 is 6.23. The van der Waals surface area contributed by atoms with E-state index in [2.05, 4.69) is 15.3 Å². The molecule has 138 valence electrons. The minimum Gasteiger partial charge on any atom is -0.342 e. The van der Waals surface area contributed by atoms with E-state index in [-0.39, 0.29) is 11.9 Å². The number of imidazole rings is 1. The summed E-state index contributed by atoms with van der Waals surface area (Å²) in [5.41, 5.74) is 3.33. The molecule has 0 saturated carbocycles. The Hall–Kier alpha value is -3.44. The lowest BCUT2D eigenvalue weighted by atomic mass is 9.99. The number of amides is 1. The summed E-state index contributed by atoms with van der Waals surface area (Å²) in [4.78, 5) is 21.0. The highest BCUT2D eigenvalue weighted by Gasteiger charge is 2.15. The maximum Gasteiger partial charge on any atom is 0.244 e. The number of hydrogen-bond acceptors (Lipinski definition) is 3. The average Bonchev–Trinajstić information content (AvgIpc) is 3.06. The van der Waals surface area contributed by atoms with Crippen LogP contribution in [0.5, 0.6) is 0 Å². The fraction of sp³-hybridized carbons (Fsp3) is 0.0455. The quantitative estimate of drug-likeness (QED) is 0.518. The molecule has 28 heavy (non-hydrogen) atoms. The van der Waals surface area contributed by atoms with Crippen LogP contribution >= 0.6 is 11.6 Å². The number of nitrogens with one attached hydrogen (secondary N) is 1. The predicted octanol–water partition coefficient (Wildman–Crippen LogP) is 4.30. The van der Waals surface area contributed by atoms with Crippen LogP contribution in [-0.2, 0) is 4.79 Å². The number of carbonyl (C=O) groups excluding carboxylic acids is 1. The summed E-state index contributed by atoms with van der Waals surface area (Å²) in [6, 6.07) is 18.9. The van der Waals surface area contributed by atoms with E-state index >= 15 is 0 Å². The van der Waals surface area contributed by atoms with Gasteiger partial charge >= 0.3 is 0 Å². The van der Waals surface area contributed by atoms with Gasteiger partial charge in [-0.2, -0.15) is 0 Å². The van der Waals surface area contributed by atoms with Crippen molar-refractivity contribution >= 4 is 29.2 Å². The van der Waals surface area contributed by atoms with Crippen LogP contribution in [0.3, 0.4) is 0 Å². The number of carbonyl (C=O) groups is 1. The summed E-state index contributed by atoms with van der Waals surface area (Å²) in [5.74, 6) is -0.229. The van der Waals surface area contributed by atoms with Gasteiger partial charge in [0.25, 0.3) is 0 Å². The Kier molecular flexibility index (Phi) is 5.17. The van der Waals surface area contributed by atoms with Gasteiger partial charge in [-0.15, -0.1) is 0 Å². The maximum absolute atomic E-state index is 12.7. The zero-order valence-electron chi connectivity index (χ0n) is 14.9. The van der Waals surface area contributed by atoms with Gasteiger partial charge in [0.2, 0.25) is 5.91 Å². The van der Waals surface area contributed by atoms with E-state index in [9.17, 15) is 4.79 Å². The lowest BCUT2D eigenvalue weighted by Gasteiger charge is -2.18. The van der Waals surface area contributed by atoms with Gasteiger partial charge in [-0.25, -0.2) is 4.98 Å². The molecule has 0 aliphatic heterocycles. The van der Waals surface area contributed by atoms with Crippen LogP contribution in [0.4, 0.5) is 0 Å². The number of rotatable bonds is 5. The lowest BCUT2D eigenvalue weighted by Crippen LogP contribution is -2.27. The van der Waals surface area contributed by atoms with Crippen molar-refractivity contribution in [1.29, 1.82) is 0 Å². The molecule has 3 heterocycles. The molecule has 0 spiro atoms. The number of hydrogen-bond donors (Lipinski definition) is 1. The molecular formula is C22H17ClN4O. The normalized spacial score (nSPS) is 12.3. The second kappa shape index (κ2) is 8.06. The molecule has 3 aromatic heterocycles. The monoisotopic (exact) mass is 388 g/mol. The molecule has 4 rings (SSSR count). The summed E-state index contributed by atoms with van der Waals surface area (Å²) in [6.07, 6.45) is 8.43. The van der Waals surface area contributed by atoms with Crippen LogP contribution < -0.4 is 5.32 Å². The summed E-state index contributed by atoms with van der Waals surface area (Å²) in [6.45, 7) is 0. The lowest BCUT2D eigenvalue weighted by molar-refractivity contribution is -0.116. The third kappa shape index (κ3) is 3.80. The van der Waals surface area contributed by atoms with E-state index in [0.717, 1.165) is 16.8 Å². The van der Waals surface area contributed by atoms with Gasteiger partial charge in [0.05, 0.1) is 11.7 Å². The number of fused-ring (bicyclic) bond motifs is 1. The van der Waals surface area contributed by atoms with Gasteiger partial charge in [-0.1, -0.05) is 48.0 Å². The van der Waals surface area contributed by atoms with Gasteiger partial charge in [0, 0.05) is 24.7 Å². The molecule has 6 heteroatoms. The van der Waals surface area contributed by atoms with E-state index in [1.165, 1.54) is 6.08 Å². The number of benzene rings is 1. The molecule has 1 N–H and O–H groups in total. The van der Waals surface area contributed by atoms with Crippen molar-refractivity contribution in [2.24, 2.45) is 0 Å². The topological polar surface area (TPSA) is 59.3 Å². The maximum atomic E-state index is 12.7. The van der Waals surface area contributed by atoms with Crippen LogP contribution in [0, 0.1) is 0 Å². The Morgan fingerprint density at radius 1 is 1.00 bits per heavy atom. The predicted molar refractivity (Wildman–Crippen MR) is 110 cm³/mol. The number of nitrogens with zero attached hydrogens (tertiary/aromatic N) is 3. The molecule has 1 unspecified atom stereocenters. The molecule has 4 aromatic rings. The highest BCUT2D eigenvalue weighted by molar-refractivity contribution is 6.31. The van der Waals surface area contributed by atoms with Crippen molar-refractivity contribution in [1.82, 2.24) is 19.7 Å². The van der Waals surface area contributed by atoms with Crippen molar-refractivity contribution < 1.29 is 4.79 Å². The fourth-order valence-electron chi connectivity index (χ4n) is 3.04. The van der Waals surface area contributed by atoms with E-state index in [1.54, 1.807) is 18.5 Å². The second-order valence-electron chi connectivity index (χ2n) is 6.18. The molecule has 5 nitrogen and oxygen atoms in total. The first-order valence-corrected chi connectivity index (χ1v) is 9.16. The molecule has 1 aromatic carbocycles. The minimum absolute atomic E-state index is 0.229. The van der Waals surface area contributed by atoms with Crippen LogP contribution in [0.15, 0.2) is 85.3 Å². The van der Waals surface area contributed by atoms with Crippen LogP contribution in [0.2, 0.25) is 5.15 Å². The molecule has 1 amide bonds. The minimum atomic E-state index is -0.279. The fourth-order valence-corrected chi connectivity index (χ4v) is 3.28. The number of halogens is 1. The Morgan fingerprint density at radius 2 is 1.71 bits per heavy atom. The first-order valence-electron chi connectivity index (χ1n) is 8.78. The summed E-state index contributed by atoms with van der Waals surface area (Å²) < 4.78 is 1.84. The Morgan fingerprint density at radius 3 is 2.50 bits per heavy atom. The van der Waals surface area contributed by atoms with E-state index in [0.29, 0.717) is 10.8 Å². The Balaban J connectivity index is 1.60. The van der Waals surface area contributed by atoms with E-state index < -0.39 is 0 Å². The Bertz CT molecular complexity index is 1080. The largest absolute Gasteiger partial charge is 0.342 e. The molecule has 0 radical (unpaired) electrons. The number of aromatic nitrogens is 3. The first-order chi connectivity index (χ1) is 13.7. The van der Waals surface area contributed by atoms with Gasteiger partial charge in [0.1, 0.15) is 5.65 Å². The van der Waals surface area contributed by atoms with Crippen molar-refractivity contribution in [3.05, 3.63) is 107 Å². The van der Waals surface area contributed by atoms with Crippen LogP contribution in [-0.4, -0.2) is 20.3 Å². The van der Waals surface area contributed by atoms with Crippen molar-refractivity contribution in [3.8, 4) is 0 Å². The molecule has 0 aliphatic carbocycles. The van der Waals surface area contributed by atoms with Crippen molar-refractivity contribution in [2.45, 2.75) is 6.04 Å². The zero-order chi connectivity index (χ0) is 19.3. The standard InChI is InChI=1S/C22H17ClN4O/c23-22-18(27-15-5-4-8-19(27)25-22)9-10-20(28)26-21(16-6-2-1-3-7-16)17-11-13-24-14-12-17/h1-15,21H,(H,26,28). The van der Waals surface area contributed by atoms with Gasteiger partial charge in [0.15, 0.2) is 5.15 Å². The second-order valence-corrected chi connectivity index (χ2v) is 6.54. The zero-order valence-corrected chi connectivity index (χ0v) is 15.6. The average molecular weight is 389 g/mol. The van der Waals surface area contributed by atoms with Gasteiger partial charge in [-0.3, -0.25) is 14.2 Å². The smallest absolute Gasteiger partial charge is 0.244 e. The summed E-state index contributed by atoms with van der Waals surface area (Å²) in [7, 11) is 0. The first kappa shape index (κ1) is 17.9. The Labute approximate surface area is 167 Å². The highest BCUT2D eigenvalue weighted by Crippen LogP contribution is 2.22. The molecule has 0 bridgehead atoms. The number of pyridine rings is 2. The van der Waals surface area contributed by atoms with Gasteiger partial charge in [-0.05, 0) is 41.5 Å².